The van der Waals surface area contributed by atoms with Crippen LogP contribution in [0.15, 0.2) is 60.7 Å². The number of nitrogens with zero attached hydrogens (tertiary/aromatic N) is 1. The first-order valence-electron chi connectivity index (χ1n) is 7.39. The first kappa shape index (κ1) is 16.4. The van der Waals surface area contributed by atoms with Gasteiger partial charge in [-0.15, -0.1) is 0 Å². The Hall–Kier alpha value is -2.93. The second kappa shape index (κ2) is 7.90. The highest BCUT2D eigenvalue weighted by Crippen LogP contribution is 2.28. The summed E-state index contributed by atoms with van der Waals surface area (Å²) in [4.78, 5) is 25.1. The Balaban J connectivity index is 2.43. The third-order valence-corrected chi connectivity index (χ3v) is 3.51. The topological polar surface area (TPSA) is 67.2 Å². The van der Waals surface area contributed by atoms with Gasteiger partial charge in [0.15, 0.2) is 5.78 Å². The minimum atomic E-state index is -1.18. The van der Waals surface area contributed by atoms with Crippen LogP contribution in [0.2, 0.25) is 0 Å². The molecule has 0 saturated heterocycles. The van der Waals surface area contributed by atoms with Gasteiger partial charge in [-0.05, 0) is 12.5 Å². The van der Waals surface area contributed by atoms with Crippen LogP contribution in [0, 0.1) is 17.2 Å². The molecule has 0 N–H and O–H groups in total. The molecule has 4 nitrogen and oxygen atoms in total. The minimum absolute atomic E-state index is 0.157. The molecule has 0 bridgehead atoms. The van der Waals surface area contributed by atoms with E-state index in [0.29, 0.717) is 11.1 Å². The van der Waals surface area contributed by atoms with E-state index in [1.807, 2.05) is 6.07 Å². The molecule has 23 heavy (non-hydrogen) atoms. The van der Waals surface area contributed by atoms with Crippen LogP contribution < -0.4 is 0 Å². The molecular formula is C19H17NO3. The lowest BCUT2D eigenvalue weighted by atomic mass is 9.82. The van der Waals surface area contributed by atoms with Crippen molar-refractivity contribution in [3.63, 3.8) is 0 Å². The van der Waals surface area contributed by atoms with Gasteiger partial charge in [0.25, 0.3) is 0 Å². The van der Waals surface area contributed by atoms with Gasteiger partial charge >= 0.3 is 5.97 Å². The summed E-state index contributed by atoms with van der Waals surface area (Å²) in [5, 5.41) is 9.55. The minimum Gasteiger partial charge on any atom is -0.465 e. The van der Waals surface area contributed by atoms with Crippen LogP contribution >= 0.6 is 0 Å². The predicted octanol–water partition coefficient (Wildman–Crippen LogP) is 3.36. The molecule has 2 aromatic rings. The molecule has 0 aliphatic carbocycles. The summed E-state index contributed by atoms with van der Waals surface area (Å²) in [5.74, 6) is -3.14. The Morgan fingerprint density at radius 1 is 1.04 bits per heavy atom. The van der Waals surface area contributed by atoms with Crippen LogP contribution in [-0.4, -0.2) is 18.4 Å². The van der Waals surface area contributed by atoms with Gasteiger partial charge in [0, 0.05) is 5.56 Å². The molecule has 2 atom stereocenters. The molecule has 0 radical (unpaired) electrons. The fourth-order valence-corrected chi connectivity index (χ4v) is 2.41. The maximum absolute atomic E-state index is 12.8. The number of carbonyl (C=O) groups is 2. The Morgan fingerprint density at radius 2 is 1.61 bits per heavy atom. The lowest BCUT2D eigenvalue weighted by Crippen LogP contribution is -2.31. The van der Waals surface area contributed by atoms with Crippen molar-refractivity contribution in [3.05, 3.63) is 71.8 Å². The van der Waals surface area contributed by atoms with Crippen molar-refractivity contribution in [2.45, 2.75) is 12.8 Å². The van der Waals surface area contributed by atoms with Crippen molar-refractivity contribution >= 4 is 11.8 Å². The summed E-state index contributed by atoms with van der Waals surface area (Å²) in [6.45, 7) is 1.83. The van der Waals surface area contributed by atoms with Crippen LogP contribution in [-0.2, 0) is 9.53 Å². The van der Waals surface area contributed by atoms with Gasteiger partial charge in [0.1, 0.15) is 5.92 Å². The maximum atomic E-state index is 12.8. The zero-order chi connectivity index (χ0) is 16.7. The molecule has 4 heteroatoms. The molecule has 0 aromatic heterocycles. The monoisotopic (exact) mass is 307 g/mol. The molecule has 0 aliphatic heterocycles. The fourth-order valence-electron chi connectivity index (χ4n) is 2.41. The Bertz CT molecular complexity index is 704. The number of hydrogen-bond donors (Lipinski definition) is 0. The van der Waals surface area contributed by atoms with Gasteiger partial charge in [-0.3, -0.25) is 9.59 Å². The molecule has 2 rings (SSSR count). The SMILES string of the molecule is CCOC(=O)C(C(=O)c1ccccc1)C(C#N)c1ccccc1. The largest absolute Gasteiger partial charge is 0.465 e. The van der Waals surface area contributed by atoms with Crippen LogP contribution in [0.4, 0.5) is 0 Å². The number of nitriles is 1. The van der Waals surface area contributed by atoms with Crippen molar-refractivity contribution in [2.75, 3.05) is 6.61 Å². The molecule has 0 spiro atoms. The standard InChI is InChI=1S/C19H17NO3/c1-2-23-19(22)17(18(21)15-11-7-4-8-12-15)16(13-20)14-9-5-3-6-10-14/h3-12,16-17H,2H2,1H3. The van der Waals surface area contributed by atoms with Crippen LogP contribution in [0.1, 0.15) is 28.8 Å². The molecule has 2 unspecified atom stereocenters. The summed E-state index contributed by atoms with van der Waals surface area (Å²) in [5.41, 5.74) is 1.01. The zero-order valence-electron chi connectivity index (χ0n) is 12.8. The molecule has 0 amide bonds. The van der Waals surface area contributed by atoms with Crippen molar-refractivity contribution in [3.8, 4) is 6.07 Å². The summed E-state index contributed by atoms with van der Waals surface area (Å²) in [6.07, 6.45) is 0. The van der Waals surface area contributed by atoms with E-state index in [0.717, 1.165) is 0 Å². The highest BCUT2D eigenvalue weighted by molar-refractivity contribution is 6.09. The number of hydrogen-bond acceptors (Lipinski definition) is 4. The summed E-state index contributed by atoms with van der Waals surface area (Å²) in [7, 11) is 0. The highest BCUT2D eigenvalue weighted by atomic mass is 16.5. The van der Waals surface area contributed by atoms with Gasteiger partial charge in [0.2, 0.25) is 0 Å². The van der Waals surface area contributed by atoms with E-state index in [9.17, 15) is 14.9 Å². The van der Waals surface area contributed by atoms with E-state index in [4.69, 9.17) is 4.74 Å². The molecule has 0 aliphatic rings. The summed E-state index contributed by atoms with van der Waals surface area (Å²) < 4.78 is 5.04. The van der Waals surface area contributed by atoms with Gasteiger partial charge in [-0.25, -0.2) is 0 Å². The number of carbonyl (C=O) groups excluding carboxylic acids is 2. The van der Waals surface area contributed by atoms with Crippen molar-refractivity contribution < 1.29 is 14.3 Å². The van der Waals surface area contributed by atoms with E-state index < -0.39 is 23.6 Å². The van der Waals surface area contributed by atoms with Gasteiger partial charge < -0.3 is 4.74 Å². The summed E-state index contributed by atoms with van der Waals surface area (Å²) in [6, 6.07) is 19.4. The van der Waals surface area contributed by atoms with Crippen molar-refractivity contribution in [1.82, 2.24) is 0 Å². The normalized spacial score (nSPS) is 12.7. The van der Waals surface area contributed by atoms with E-state index >= 15 is 0 Å². The number of esters is 1. The molecule has 116 valence electrons. The number of benzene rings is 2. The Morgan fingerprint density at radius 3 is 2.13 bits per heavy atom. The Labute approximate surface area is 135 Å². The van der Waals surface area contributed by atoms with E-state index in [2.05, 4.69) is 6.07 Å². The maximum Gasteiger partial charge on any atom is 0.318 e. The van der Waals surface area contributed by atoms with Crippen molar-refractivity contribution in [1.29, 1.82) is 5.26 Å². The third kappa shape index (κ3) is 3.83. The van der Waals surface area contributed by atoms with Crippen LogP contribution in [0.3, 0.4) is 0 Å². The zero-order valence-corrected chi connectivity index (χ0v) is 12.8. The molecule has 0 fully saturated rings. The number of Topliss-reactive ketones (excluding diaryl/α,β-unsaturated/α-hetero) is 1. The van der Waals surface area contributed by atoms with Crippen LogP contribution in [0.5, 0.6) is 0 Å². The number of ketones is 1. The lowest BCUT2D eigenvalue weighted by Gasteiger charge is -2.19. The third-order valence-electron chi connectivity index (χ3n) is 3.51. The second-order valence-electron chi connectivity index (χ2n) is 4.98. The highest BCUT2D eigenvalue weighted by Gasteiger charge is 2.37. The quantitative estimate of drug-likeness (QED) is 0.466. The predicted molar refractivity (Wildman–Crippen MR) is 85.7 cm³/mol. The Kier molecular flexibility index (Phi) is 5.65. The van der Waals surface area contributed by atoms with Crippen LogP contribution in [0.25, 0.3) is 0 Å². The first-order chi connectivity index (χ1) is 11.2. The van der Waals surface area contributed by atoms with E-state index in [1.165, 1.54) is 0 Å². The van der Waals surface area contributed by atoms with E-state index in [1.54, 1.807) is 61.5 Å². The molecular weight excluding hydrogens is 290 g/mol. The second-order valence-corrected chi connectivity index (χ2v) is 4.98. The fraction of sp³-hybridized carbons (Fsp3) is 0.211. The lowest BCUT2D eigenvalue weighted by molar-refractivity contribution is -0.146. The molecule has 0 heterocycles. The average Bonchev–Trinajstić information content (AvgIpc) is 2.60. The average molecular weight is 307 g/mol. The molecule has 0 saturated carbocycles. The first-order valence-corrected chi connectivity index (χ1v) is 7.39. The smallest absolute Gasteiger partial charge is 0.318 e. The number of rotatable bonds is 6. The van der Waals surface area contributed by atoms with Gasteiger partial charge in [-0.2, -0.15) is 5.26 Å². The number of ether oxygens (including phenoxy) is 1. The molecule has 2 aromatic carbocycles. The van der Waals surface area contributed by atoms with Crippen molar-refractivity contribution in [2.24, 2.45) is 5.92 Å². The van der Waals surface area contributed by atoms with Gasteiger partial charge in [0.05, 0.1) is 18.6 Å². The summed E-state index contributed by atoms with van der Waals surface area (Å²) >= 11 is 0. The van der Waals surface area contributed by atoms with Gasteiger partial charge in [-0.1, -0.05) is 60.7 Å². The van der Waals surface area contributed by atoms with E-state index in [-0.39, 0.29) is 6.61 Å².